The van der Waals surface area contributed by atoms with Gasteiger partial charge in [-0.15, -0.1) is 0 Å². The fraction of sp³-hybridized carbons (Fsp3) is 0.125. The molecule has 0 radical (unpaired) electrons. The second-order valence-electron chi connectivity index (χ2n) is 4.94. The number of H-pyrrole nitrogens is 1. The Balaban J connectivity index is 1.62. The Labute approximate surface area is 136 Å². The Bertz CT molecular complexity index is 764. The molecular formula is C16H15BrN4O. The summed E-state index contributed by atoms with van der Waals surface area (Å²) in [6, 6.07) is 11.8. The average molecular weight is 359 g/mol. The minimum atomic E-state index is -0.122. The Morgan fingerprint density at radius 2 is 2.14 bits per heavy atom. The van der Waals surface area contributed by atoms with Crippen molar-refractivity contribution in [2.75, 3.05) is 0 Å². The second kappa shape index (κ2) is 6.62. The van der Waals surface area contributed by atoms with E-state index in [4.69, 9.17) is 0 Å². The van der Waals surface area contributed by atoms with Crippen LogP contribution in [0.3, 0.4) is 0 Å². The highest BCUT2D eigenvalue weighted by Crippen LogP contribution is 2.11. The van der Waals surface area contributed by atoms with E-state index in [-0.39, 0.29) is 5.91 Å². The van der Waals surface area contributed by atoms with Gasteiger partial charge in [0, 0.05) is 29.6 Å². The molecule has 0 fully saturated rings. The molecule has 2 heterocycles. The van der Waals surface area contributed by atoms with E-state index in [0.717, 1.165) is 22.1 Å². The lowest BCUT2D eigenvalue weighted by Crippen LogP contribution is -2.23. The smallest absolute Gasteiger partial charge is 0.267 e. The fourth-order valence-corrected chi connectivity index (χ4v) is 2.54. The lowest BCUT2D eigenvalue weighted by atomic mass is 10.1. The highest BCUT2D eigenvalue weighted by molar-refractivity contribution is 9.10. The number of amides is 1. The summed E-state index contributed by atoms with van der Waals surface area (Å²) in [6.07, 6.45) is 5.43. The van der Waals surface area contributed by atoms with Crippen LogP contribution in [0.2, 0.25) is 0 Å². The normalized spacial score (nSPS) is 10.6. The number of carbonyl (C=O) groups excluding carboxylic acids is 1. The van der Waals surface area contributed by atoms with Crippen LogP contribution in [0.1, 0.15) is 21.6 Å². The van der Waals surface area contributed by atoms with Gasteiger partial charge in [0.05, 0.1) is 6.54 Å². The molecule has 0 aliphatic carbocycles. The Morgan fingerprint density at radius 3 is 2.86 bits per heavy atom. The van der Waals surface area contributed by atoms with Crippen LogP contribution in [-0.4, -0.2) is 20.7 Å². The van der Waals surface area contributed by atoms with Crippen molar-refractivity contribution in [3.8, 4) is 0 Å². The molecule has 2 aromatic heterocycles. The maximum absolute atomic E-state index is 12.0. The van der Waals surface area contributed by atoms with E-state index in [1.807, 2.05) is 29.1 Å². The van der Waals surface area contributed by atoms with Gasteiger partial charge >= 0.3 is 0 Å². The highest BCUT2D eigenvalue weighted by Gasteiger charge is 2.07. The molecule has 0 atom stereocenters. The third kappa shape index (κ3) is 3.65. The third-order valence-electron chi connectivity index (χ3n) is 3.24. The molecule has 22 heavy (non-hydrogen) atoms. The van der Waals surface area contributed by atoms with E-state index in [0.29, 0.717) is 12.2 Å². The van der Waals surface area contributed by atoms with Gasteiger partial charge < -0.3 is 10.3 Å². The van der Waals surface area contributed by atoms with Crippen molar-refractivity contribution >= 4 is 21.8 Å². The second-order valence-corrected chi connectivity index (χ2v) is 5.85. The average Bonchev–Trinajstić information content (AvgIpc) is 3.17. The van der Waals surface area contributed by atoms with Crippen molar-refractivity contribution in [1.82, 2.24) is 20.1 Å². The lowest BCUT2D eigenvalue weighted by Gasteiger charge is -2.07. The molecule has 3 aromatic rings. The minimum Gasteiger partial charge on any atom is -0.356 e. The van der Waals surface area contributed by atoms with Crippen LogP contribution in [0.4, 0.5) is 0 Å². The summed E-state index contributed by atoms with van der Waals surface area (Å²) in [5.74, 6) is -0.122. The first-order valence-corrected chi connectivity index (χ1v) is 7.67. The van der Waals surface area contributed by atoms with Crippen LogP contribution in [0.15, 0.2) is 59.5 Å². The quantitative estimate of drug-likeness (QED) is 0.736. The van der Waals surface area contributed by atoms with Gasteiger partial charge in [0.1, 0.15) is 5.69 Å². The van der Waals surface area contributed by atoms with Gasteiger partial charge in [0.25, 0.3) is 5.91 Å². The molecule has 0 saturated carbocycles. The van der Waals surface area contributed by atoms with Gasteiger partial charge in [0.15, 0.2) is 0 Å². The minimum absolute atomic E-state index is 0.122. The van der Waals surface area contributed by atoms with Crippen molar-refractivity contribution in [2.45, 2.75) is 13.1 Å². The van der Waals surface area contributed by atoms with Crippen molar-refractivity contribution in [3.05, 3.63) is 76.3 Å². The van der Waals surface area contributed by atoms with Gasteiger partial charge in [0.2, 0.25) is 0 Å². The van der Waals surface area contributed by atoms with E-state index >= 15 is 0 Å². The van der Waals surface area contributed by atoms with Crippen molar-refractivity contribution in [3.63, 3.8) is 0 Å². The monoisotopic (exact) mass is 358 g/mol. The number of aromatic amines is 1. The maximum atomic E-state index is 12.0. The highest BCUT2D eigenvalue weighted by atomic mass is 79.9. The Morgan fingerprint density at radius 1 is 1.27 bits per heavy atom. The van der Waals surface area contributed by atoms with Crippen molar-refractivity contribution < 1.29 is 4.79 Å². The van der Waals surface area contributed by atoms with E-state index in [9.17, 15) is 4.79 Å². The molecule has 0 spiro atoms. The number of rotatable bonds is 5. The molecule has 3 rings (SSSR count). The number of nitrogens with zero attached hydrogens (tertiary/aromatic N) is 2. The Kier molecular flexibility index (Phi) is 4.39. The number of carbonyl (C=O) groups is 1. The molecular weight excluding hydrogens is 344 g/mol. The zero-order chi connectivity index (χ0) is 15.4. The standard InChI is InChI=1S/C16H15BrN4O/c17-14-8-15(18-10-14)16(22)19-9-12-3-1-4-13(7-12)11-21-6-2-5-20-21/h1-8,10,18H,9,11H2,(H,19,22). The van der Waals surface area contributed by atoms with Gasteiger partial charge in [-0.25, -0.2) is 0 Å². The first kappa shape index (κ1) is 14.6. The fourth-order valence-electron chi connectivity index (χ4n) is 2.20. The molecule has 2 N–H and O–H groups in total. The SMILES string of the molecule is O=C(NCc1cccc(Cn2cccn2)c1)c1cc(Br)c[nH]1. The van der Waals surface area contributed by atoms with Crippen LogP contribution in [0, 0.1) is 0 Å². The summed E-state index contributed by atoms with van der Waals surface area (Å²) in [5, 5.41) is 7.10. The van der Waals surface area contributed by atoms with Crippen LogP contribution in [-0.2, 0) is 13.1 Å². The predicted octanol–water partition coefficient (Wildman–Crippen LogP) is 2.95. The summed E-state index contributed by atoms with van der Waals surface area (Å²) >= 11 is 3.31. The molecule has 1 amide bonds. The number of hydrogen-bond donors (Lipinski definition) is 2. The van der Waals surface area contributed by atoms with Crippen molar-refractivity contribution in [1.29, 1.82) is 0 Å². The number of aromatic nitrogens is 3. The van der Waals surface area contributed by atoms with E-state index in [1.54, 1.807) is 18.5 Å². The lowest BCUT2D eigenvalue weighted by molar-refractivity contribution is 0.0946. The van der Waals surface area contributed by atoms with Gasteiger partial charge in [-0.1, -0.05) is 24.3 Å². The number of halogens is 1. The first-order valence-electron chi connectivity index (χ1n) is 6.88. The zero-order valence-electron chi connectivity index (χ0n) is 11.8. The van der Waals surface area contributed by atoms with Crippen molar-refractivity contribution in [2.24, 2.45) is 0 Å². The van der Waals surface area contributed by atoms with Gasteiger partial charge in [-0.05, 0) is 39.2 Å². The van der Waals surface area contributed by atoms with E-state index in [2.05, 4.69) is 43.5 Å². The first-order chi connectivity index (χ1) is 10.7. The zero-order valence-corrected chi connectivity index (χ0v) is 13.4. The van der Waals surface area contributed by atoms with Crippen LogP contribution in [0.5, 0.6) is 0 Å². The summed E-state index contributed by atoms with van der Waals surface area (Å²) in [6.45, 7) is 1.21. The van der Waals surface area contributed by atoms with Crippen LogP contribution < -0.4 is 5.32 Å². The molecule has 0 bridgehead atoms. The van der Waals surface area contributed by atoms with Gasteiger partial charge in [-0.3, -0.25) is 9.48 Å². The molecule has 112 valence electrons. The predicted molar refractivity (Wildman–Crippen MR) is 87.4 cm³/mol. The molecule has 5 nitrogen and oxygen atoms in total. The molecule has 0 saturated heterocycles. The van der Waals surface area contributed by atoms with Gasteiger partial charge in [-0.2, -0.15) is 5.10 Å². The van der Waals surface area contributed by atoms with Crippen LogP contribution in [0.25, 0.3) is 0 Å². The van der Waals surface area contributed by atoms with E-state index < -0.39 is 0 Å². The largest absolute Gasteiger partial charge is 0.356 e. The number of benzene rings is 1. The summed E-state index contributed by atoms with van der Waals surface area (Å²) in [4.78, 5) is 14.9. The Hall–Kier alpha value is -2.34. The molecule has 0 aliphatic heterocycles. The maximum Gasteiger partial charge on any atom is 0.267 e. The third-order valence-corrected chi connectivity index (χ3v) is 3.70. The molecule has 0 aliphatic rings. The summed E-state index contributed by atoms with van der Waals surface area (Å²) < 4.78 is 2.73. The topological polar surface area (TPSA) is 62.7 Å². The number of hydrogen-bond acceptors (Lipinski definition) is 2. The molecule has 0 unspecified atom stereocenters. The summed E-state index contributed by atoms with van der Waals surface area (Å²) in [5.41, 5.74) is 2.75. The summed E-state index contributed by atoms with van der Waals surface area (Å²) in [7, 11) is 0. The van der Waals surface area contributed by atoms with Crippen LogP contribution >= 0.6 is 15.9 Å². The molecule has 6 heteroatoms. The molecule has 1 aromatic carbocycles. The number of nitrogens with one attached hydrogen (secondary N) is 2. The van der Waals surface area contributed by atoms with E-state index in [1.165, 1.54) is 0 Å².